The second kappa shape index (κ2) is 38.0. The number of hydrogen-bond donors (Lipinski definition) is 0. The summed E-state index contributed by atoms with van der Waals surface area (Å²) in [5, 5.41) is 0. The Morgan fingerprint density at radius 3 is 0.718 bits per heavy atom. The van der Waals surface area contributed by atoms with Gasteiger partial charge in [0.05, 0.1) is 5.41 Å². The molecule has 0 aliphatic heterocycles. The van der Waals surface area contributed by atoms with Gasteiger partial charge in [0.15, 0.2) is 0 Å². The Balaban J connectivity index is -0.000000200. The maximum atomic E-state index is 12.6. The Hall–Kier alpha value is -0.210. The van der Waals surface area contributed by atoms with Crippen LogP contribution < -0.4 is 0 Å². The van der Waals surface area contributed by atoms with E-state index >= 15 is 0 Å². The minimum atomic E-state index is -4.13. The molecule has 2 fully saturated rings. The van der Waals surface area contributed by atoms with E-state index in [0.29, 0.717) is 32.5 Å². The van der Waals surface area contributed by atoms with E-state index in [2.05, 4.69) is 194 Å². The molecule has 2 aliphatic carbocycles. The van der Waals surface area contributed by atoms with Gasteiger partial charge in [0.2, 0.25) is 0 Å². The van der Waals surface area contributed by atoms with Gasteiger partial charge in [0, 0.05) is 4.11 Å². The van der Waals surface area contributed by atoms with Crippen LogP contribution in [-0.2, 0) is 0 Å². The normalized spacial score (nSPS) is 17.2. The Bertz CT molecular complexity index is 1410. The van der Waals surface area contributed by atoms with E-state index in [-0.39, 0.29) is 22.1 Å². The molecular formula is C75H159F3. The van der Waals surface area contributed by atoms with Gasteiger partial charge in [-0.05, 0) is 134 Å². The van der Waals surface area contributed by atoms with Crippen molar-refractivity contribution in [3.05, 3.63) is 0 Å². The lowest BCUT2D eigenvalue weighted by Gasteiger charge is -2.42. The second-order valence-electron chi connectivity index (χ2n) is 35.8. The van der Waals surface area contributed by atoms with Crippen molar-refractivity contribution in [2.75, 3.05) is 0 Å². The van der Waals surface area contributed by atoms with Crippen LogP contribution in [0.4, 0.5) is 13.2 Å². The molecule has 0 aromatic carbocycles. The second-order valence-corrected chi connectivity index (χ2v) is 35.8. The van der Waals surface area contributed by atoms with Crippen molar-refractivity contribution in [2.24, 2.45) is 107 Å². The summed E-state index contributed by atoms with van der Waals surface area (Å²) in [6.07, 6.45) is 14.8. The molecule has 0 amide bonds. The van der Waals surface area contributed by atoms with Crippen LogP contribution in [0.15, 0.2) is 0 Å². The maximum absolute atomic E-state index is 12.6. The minimum absolute atomic E-state index is 0.104. The summed E-state index contributed by atoms with van der Waals surface area (Å²) < 4.78 is 59.9. The van der Waals surface area contributed by atoms with Gasteiger partial charge in [-0.25, -0.2) is 0 Å². The first-order valence-corrected chi connectivity index (χ1v) is 32.7. The summed E-state index contributed by atoms with van der Waals surface area (Å²) in [6.45, 7) is 85.6. The van der Waals surface area contributed by atoms with E-state index in [1.54, 1.807) is 13.8 Å². The Kier molecular flexibility index (Phi) is 39.9. The fourth-order valence-electron chi connectivity index (χ4n) is 11.0. The zero-order valence-corrected chi connectivity index (χ0v) is 62.2. The Morgan fingerprint density at radius 2 is 0.628 bits per heavy atom. The van der Waals surface area contributed by atoms with Crippen LogP contribution in [0, 0.1) is 107 Å². The van der Waals surface area contributed by atoms with E-state index in [0.717, 1.165) is 41.4 Å². The van der Waals surface area contributed by atoms with Gasteiger partial charge in [-0.3, -0.25) is 0 Å². The molecule has 0 spiro atoms. The van der Waals surface area contributed by atoms with Crippen LogP contribution in [0.5, 0.6) is 0 Å². The summed E-state index contributed by atoms with van der Waals surface area (Å²) in [4.78, 5) is 0. The number of rotatable bonds is 8. The third-order valence-corrected chi connectivity index (χ3v) is 18.5. The van der Waals surface area contributed by atoms with Crippen molar-refractivity contribution in [2.45, 2.75) is 379 Å². The topological polar surface area (TPSA) is 0 Å². The first-order valence-electron chi connectivity index (χ1n) is 34.2. The summed E-state index contributed by atoms with van der Waals surface area (Å²) in [7, 11) is 0. The van der Waals surface area contributed by atoms with Crippen LogP contribution in [0.1, 0.15) is 377 Å². The van der Waals surface area contributed by atoms with Crippen molar-refractivity contribution in [3.63, 3.8) is 0 Å². The van der Waals surface area contributed by atoms with Crippen molar-refractivity contribution in [3.8, 4) is 0 Å². The lowest BCUT2D eigenvalue weighted by molar-refractivity contribution is -0.238. The van der Waals surface area contributed by atoms with Crippen LogP contribution >= 0.6 is 0 Å². The molecule has 0 saturated heterocycles. The molecule has 2 rings (SSSR count). The standard InChI is InChI=1S/C15H32.C10H19F3.C10H20.C10H22.C9H18.C8H18.C7H16.C6H14/c1-8-12(9-2)14(15(5,6)7)13(10-3)11-4;1-7(8(2,3)4)9(5,6)10(11,12)13;1-10(2,3)9-7-5-4-6-8-9;1-8(9(2,3)4)10(5,6)7;1-9(2,3)8-6-4-5-7-8;1-7(2)6-8(3,4)5;1-6(2)7(3,4)5;1-5-6(2,3)4/h12-14H,8-11H2,1-7H3;7H,1-6H3;9H,4-8H2,1-3H3;8H,1-7H3;8H,4-7H2,1-3H3;7H,6H2,1-5H3;6H,1-5H3;5H2,1-4H3/i;;;;;;6D;5D2. The van der Waals surface area contributed by atoms with E-state index in [1.165, 1.54) is 104 Å². The largest absolute Gasteiger partial charge is 0.394 e. The highest BCUT2D eigenvalue weighted by Crippen LogP contribution is 2.50. The van der Waals surface area contributed by atoms with Crippen LogP contribution in [-0.4, -0.2) is 6.18 Å². The summed E-state index contributed by atoms with van der Waals surface area (Å²) in [6, 6.07) is 0. The number of alkyl halides is 3. The number of halogens is 3. The summed E-state index contributed by atoms with van der Waals surface area (Å²) in [5.41, 5.74) is 0.958. The summed E-state index contributed by atoms with van der Waals surface area (Å²) in [5.74, 6) is 5.62. The zero-order chi connectivity index (χ0) is 67.0. The van der Waals surface area contributed by atoms with Crippen LogP contribution in [0.3, 0.4) is 0 Å². The highest BCUT2D eigenvalue weighted by Gasteiger charge is 2.53. The zero-order valence-electron chi connectivity index (χ0n) is 65.2. The number of hydrogen-bond acceptors (Lipinski definition) is 0. The van der Waals surface area contributed by atoms with E-state index in [1.807, 2.05) is 55.4 Å². The molecule has 1 unspecified atom stereocenters. The third-order valence-electron chi connectivity index (χ3n) is 18.5. The Morgan fingerprint density at radius 1 is 0.385 bits per heavy atom. The van der Waals surface area contributed by atoms with Crippen LogP contribution in [0.25, 0.3) is 0 Å². The molecule has 0 heterocycles. The first-order chi connectivity index (χ1) is 35.1. The van der Waals surface area contributed by atoms with Crippen molar-refractivity contribution < 1.29 is 17.3 Å². The molecule has 0 nitrogen and oxygen atoms in total. The van der Waals surface area contributed by atoms with E-state index < -0.39 is 23.9 Å². The van der Waals surface area contributed by atoms with Gasteiger partial charge in [-0.2, -0.15) is 13.2 Å². The molecule has 480 valence electrons. The van der Waals surface area contributed by atoms with Gasteiger partial charge >= 0.3 is 6.18 Å². The van der Waals surface area contributed by atoms with Crippen molar-refractivity contribution >= 4 is 0 Å². The Labute approximate surface area is 501 Å². The average molecular weight is 1120 g/mol. The van der Waals surface area contributed by atoms with Gasteiger partial charge in [-0.1, -0.05) is 341 Å². The SMILES string of the molecule is CC(C(C)(C)C)C(C)(C)C.CC(C(C)(C)C)C(C)(C)C(F)(F)F.CC(C)(C)C1CCCC1.CC(C)(C)C1CCCCC1.CC(C)CC(C)(C)C.CCC(CC)C(C(CC)CC)C(C)(C)C.[2H]C(C)(C)C(C)(C)C.[2H]C([2H])(C)C(C)(C)C. The molecule has 3 heteroatoms. The average Bonchev–Trinajstić information content (AvgIpc) is 3.78. The molecular weight excluding hydrogens is 958 g/mol. The van der Waals surface area contributed by atoms with Crippen molar-refractivity contribution in [1.82, 2.24) is 0 Å². The molecule has 0 N–H and O–H groups in total. The predicted molar refractivity (Wildman–Crippen MR) is 358 cm³/mol. The smallest absolute Gasteiger partial charge is 0.171 e. The molecule has 0 aromatic rings. The lowest BCUT2D eigenvalue weighted by Crippen LogP contribution is -2.43. The fraction of sp³-hybridized carbons (Fsp3) is 1.00. The van der Waals surface area contributed by atoms with Crippen molar-refractivity contribution in [1.29, 1.82) is 0 Å². The third kappa shape index (κ3) is 46.2. The molecule has 2 aliphatic rings. The maximum Gasteiger partial charge on any atom is 0.394 e. The molecule has 78 heavy (non-hydrogen) atoms. The molecule has 2 saturated carbocycles. The quantitative estimate of drug-likeness (QED) is 0.227. The molecule has 0 radical (unpaired) electrons. The molecule has 1 atom stereocenters. The van der Waals surface area contributed by atoms with Crippen LogP contribution in [0.2, 0.25) is 0 Å². The fourth-order valence-corrected chi connectivity index (χ4v) is 11.0. The first kappa shape index (κ1) is 82.0. The van der Waals surface area contributed by atoms with Gasteiger partial charge in [-0.15, -0.1) is 0 Å². The monoisotopic (exact) mass is 1120 g/mol. The van der Waals surface area contributed by atoms with Gasteiger partial charge in [0.1, 0.15) is 0 Å². The predicted octanol–water partition coefficient (Wildman–Crippen LogP) is 28.5. The lowest BCUT2D eigenvalue weighted by atomic mass is 9.64. The summed E-state index contributed by atoms with van der Waals surface area (Å²) >= 11 is 0. The minimum Gasteiger partial charge on any atom is -0.171 e. The van der Waals surface area contributed by atoms with E-state index in [9.17, 15) is 13.2 Å². The van der Waals surface area contributed by atoms with Gasteiger partial charge < -0.3 is 0 Å². The highest BCUT2D eigenvalue weighted by molar-refractivity contribution is 4.89. The molecule has 0 aromatic heterocycles. The van der Waals surface area contributed by atoms with E-state index in [4.69, 9.17) is 4.11 Å². The van der Waals surface area contributed by atoms with Gasteiger partial charge in [0.25, 0.3) is 0 Å². The molecule has 0 bridgehead atoms. The highest BCUT2D eigenvalue weighted by atomic mass is 19.4.